The second-order valence-corrected chi connectivity index (χ2v) is 10.5. The van der Waals surface area contributed by atoms with Crippen molar-refractivity contribution in [1.29, 1.82) is 0 Å². The van der Waals surface area contributed by atoms with Crippen LogP contribution in [0.5, 0.6) is 5.75 Å². The minimum Gasteiger partial charge on any atom is -0.493 e. The number of amides is 3. The number of aromatic nitrogens is 1. The molecule has 0 spiro atoms. The maximum absolute atomic E-state index is 13.1. The van der Waals surface area contributed by atoms with Gasteiger partial charge in [-0.05, 0) is 55.5 Å². The lowest BCUT2D eigenvalue weighted by atomic mass is 10.0. The molecule has 0 bridgehead atoms. The maximum atomic E-state index is 13.1. The van der Waals surface area contributed by atoms with E-state index in [-0.39, 0.29) is 51.7 Å². The molecule has 2 aromatic carbocycles. The van der Waals surface area contributed by atoms with E-state index in [9.17, 15) is 14.4 Å². The summed E-state index contributed by atoms with van der Waals surface area (Å²) in [7, 11) is 1.54. The normalized spacial score (nSPS) is 15.0. The highest BCUT2D eigenvalue weighted by atomic mass is 35.5. The Morgan fingerprint density at radius 1 is 1.03 bits per heavy atom. The third kappa shape index (κ3) is 4.48. The first-order valence-corrected chi connectivity index (χ1v) is 13.1. The van der Waals surface area contributed by atoms with Crippen molar-refractivity contribution in [3.05, 3.63) is 58.3 Å². The lowest BCUT2D eigenvalue weighted by Gasteiger charge is -2.21. The number of pyridine rings is 1. The predicted octanol–water partition coefficient (Wildman–Crippen LogP) is 6.16. The van der Waals surface area contributed by atoms with Gasteiger partial charge in [-0.15, -0.1) is 0 Å². The smallest absolute Gasteiger partial charge is 0.236 e. The van der Waals surface area contributed by atoms with Crippen molar-refractivity contribution in [2.45, 2.75) is 32.1 Å². The number of halogens is 2. The van der Waals surface area contributed by atoms with Crippen molar-refractivity contribution >= 4 is 74.2 Å². The third-order valence-electron chi connectivity index (χ3n) is 6.89. The minimum atomic E-state index is -0.341. The first-order valence-electron chi connectivity index (χ1n) is 12.3. The number of hydrogen-bond acceptors (Lipinski definition) is 6. The first-order chi connectivity index (χ1) is 18.4. The van der Waals surface area contributed by atoms with Crippen LogP contribution in [0.25, 0.3) is 21.9 Å². The number of fused-ring (bicyclic) bond motifs is 3. The van der Waals surface area contributed by atoms with Gasteiger partial charge in [-0.1, -0.05) is 29.3 Å². The summed E-state index contributed by atoms with van der Waals surface area (Å²) in [5.41, 5.74) is 2.48. The summed E-state index contributed by atoms with van der Waals surface area (Å²) >= 11 is 12.3. The molecule has 2 aliphatic carbocycles. The number of nitrogens with one attached hydrogen (secondary N) is 1. The summed E-state index contributed by atoms with van der Waals surface area (Å²) in [6.45, 7) is 0. The molecule has 0 aliphatic heterocycles. The zero-order valence-electron chi connectivity index (χ0n) is 20.4. The molecule has 8 nitrogen and oxygen atoms in total. The third-order valence-corrected chi connectivity index (χ3v) is 7.47. The summed E-state index contributed by atoms with van der Waals surface area (Å²) in [5, 5.41) is 4.55. The molecule has 2 aliphatic rings. The number of benzene rings is 2. The lowest BCUT2D eigenvalue weighted by Crippen LogP contribution is -2.39. The predicted molar refractivity (Wildman–Crippen MR) is 145 cm³/mol. The zero-order valence-corrected chi connectivity index (χ0v) is 21.9. The van der Waals surface area contributed by atoms with Gasteiger partial charge < -0.3 is 14.5 Å². The molecule has 3 amide bonds. The summed E-state index contributed by atoms with van der Waals surface area (Å²) in [6.07, 6.45) is 5.98. The molecule has 2 heterocycles. The van der Waals surface area contributed by atoms with E-state index in [0.717, 1.165) is 25.7 Å². The molecule has 0 atom stereocenters. The van der Waals surface area contributed by atoms with Crippen molar-refractivity contribution in [2.75, 3.05) is 17.3 Å². The number of ether oxygens (including phenoxy) is 1. The topological polar surface area (TPSA) is 102 Å². The molecule has 2 aromatic heterocycles. The number of nitrogens with zero attached hydrogens (tertiary/aromatic N) is 2. The lowest BCUT2D eigenvalue weighted by molar-refractivity contribution is -0.128. The van der Waals surface area contributed by atoms with E-state index in [4.69, 9.17) is 32.4 Å². The summed E-state index contributed by atoms with van der Waals surface area (Å²) in [5.74, 6) is -0.371. The molecule has 4 aromatic rings. The summed E-state index contributed by atoms with van der Waals surface area (Å²) in [4.78, 5) is 44.6. The fraction of sp³-hybridized carbons (Fsp3) is 0.286. The molecule has 194 valence electrons. The van der Waals surface area contributed by atoms with Crippen LogP contribution in [0, 0.1) is 11.8 Å². The number of hydrogen-bond donors (Lipinski definition) is 1. The van der Waals surface area contributed by atoms with Gasteiger partial charge in [-0.25, -0.2) is 0 Å². The fourth-order valence-corrected chi connectivity index (χ4v) is 5.10. The van der Waals surface area contributed by atoms with E-state index in [1.54, 1.807) is 30.3 Å². The standard InChI is InChI=1S/C28H23Cl2N3O5/c1-37-22-8-6-16(10-23(34)32-25-19(29)12-31-13-20(25)30)24-18-11-17(7-9-21(18)38-26(22)24)33(27(35)14-2-3-14)28(36)15-4-5-15/h6-9,11-15H,2-5,10H2,1H3,(H,31,32,34). The Bertz CT molecular complexity index is 1580. The Hall–Kier alpha value is -3.62. The van der Waals surface area contributed by atoms with Crippen LogP contribution >= 0.6 is 23.2 Å². The number of anilines is 2. The van der Waals surface area contributed by atoms with Crippen LogP contribution in [-0.2, 0) is 20.8 Å². The fourth-order valence-electron chi connectivity index (χ4n) is 4.64. The molecular weight excluding hydrogens is 529 g/mol. The molecule has 0 saturated heterocycles. The van der Waals surface area contributed by atoms with Crippen LogP contribution in [0.1, 0.15) is 31.2 Å². The van der Waals surface area contributed by atoms with Gasteiger partial charge >= 0.3 is 0 Å². The highest BCUT2D eigenvalue weighted by molar-refractivity contribution is 6.39. The summed E-state index contributed by atoms with van der Waals surface area (Å²) < 4.78 is 11.7. The van der Waals surface area contributed by atoms with Gasteiger partial charge in [0, 0.05) is 35.0 Å². The van der Waals surface area contributed by atoms with Gasteiger partial charge in [-0.3, -0.25) is 24.3 Å². The molecule has 10 heteroatoms. The van der Waals surface area contributed by atoms with Gasteiger partial charge in [0.1, 0.15) is 5.58 Å². The molecule has 0 unspecified atom stereocenters. The number of furan rings is 1. The Morgan fingerprint density at radius 3 is 2.29 bits per heavy atom. The van der Waals surface area contributed by atoms with Crippen LogP contribution in [0.3, 0.4) is 0 Å². The van der Waals surface area contributed by atoms with Gasteiger partial charge in [0.05, 0.1) is 35.0 Å². The van der Waals surface area contributed by atoms with E-state index in [1.807, 2.05) is 0 Å². The van der Waals surface area contributed by atoms with Gasteiger partial charge in [0.15, 0.2) is 11.3 Å². The highest BCUT2D eigenvalue weighted by Crippen LogP contribution is 2.42. The van der Waals surface area contributed by atoms with Crippen molar-refractivity contribution in [3.8, 4) is 5.75 Å². The van der Waals surface area contributed by atoms with Crippen molar-refractivity contribution in [2.24, 2.45) is 11.8 Å². The molecule has 2 saturated carbocycles. The maximum Gasteiger partial charge on any atom is 0.236 e. The number of carbonyl (C=O) groups is 3. The van der Waals surface area contributed by atoms with Crippen LogP contribution < -0.4 is 15.0 Å². The van der Waals surface area contributed by atoms with Crippen molar-refractivity contribution < 1.29 is 23.5 Å². The second kappa shape index (κ2) is 9.60. The minimum absolute atomic E-state index is 0.0138. The van der Waals surface area contributed by atoms with E-state index < -0.39 is 0 Å². The van der Waals surface area contributed by atoms with Gasteiger partial charge in [0.25, 0.3) is 0 Å². The molecule has 0 radical (unpaired) electrons. The van der Waals surface area contributed by atoms with Crippen LogP contribution in [0.15, 0.2) is 47.1 Å². The number of rotatable bonds is 7. The Kier molecular flexibility index (Phi) is 6.24. The average Bonchev–Trinajstić information content (AvgIpc) is 3.82. The molecule has 38 heavy (non-hydrogen) atoms. The van der Waals surface area contributed by atoms with Crippen molar-refractivity contribution in [3.63, 3.8) is 0 Å². The number of carbonyl (C=O) groups excluding carboxylic acids is 3. The SMILES string of the molecule is COc1ccc(CC(=O)Nc2c(Cl)cncc2Cl)c2c1oc1ccc(N(C(=O)C3CC3)C(=O)C3CC3)cc12. The summed E-state index contributed by atoms with van der Waals surface area (Å²) in [6, 6.07) is 8.80. The monoisotopic (exact) mass is 551 g/mol. The molecule has 2 fully saturated rings. The van der Waals surface area contributed by atoms with E-state index in [1.165, 1.54) is 24.4 Å². The van der Waals surface area contributed by atoms with Crippen LogP contribution in [-0.4, -0.2) is 29.8 Å². The zero-order chi connectivity index (χ0) is 26.6. The van der Waals surface area contributed by atoms with Gasteiger partial charge in [0.2, 0.25) is 17.7 Å². The Labute approximate surface area is 227 Å². The second-order valence-electron chi connectivity index (χ2n) is 9.68. The first kappa shape index (κ1) is 24.7. The van der Waals surface area contributed by atoms with E-state index >= 15 is 0 Å². The van der Waals surface area contributed by atoms with E-state index in [0.29, 0.717) is 38.9 Å². The average molecular weight is 552 g/mol. The van der Waals surface area contributed by atoms with Crippen LogP contribution in [0.4, 0.5) is 11.4 Å². The Balaban J connectivity index is 1.42. The molecule has 1 N–H and O–H groups in total. The van der Waals surface area contributed by atoms with Crippen molar-refractivity contribution in [1.82, 2.24) is 4.98 Å². The Morgan fingerprint density at radius 2 is 1.68 bits per heavy atom. The van der Waals surface area contributed by atoms with Crippen LogP contribution in [0.2, 0.25) is 10.0 Å². The van der Waals surface area contributed by atoms with E-state index in [2.05, 4.69) is 10.3 Å². The number of imide groups is 1. The molecule has 6 rings (SSSR count). The largest absolute Gasteiger partial charge is 0.493 e. The number of methoxy groups -OCH3 is 1. The highest BCUT2D eigenvalue weighted by Gasteiger charge is 2.42. The van der Waals surface area contributed by atoms with Gasteiger partial charge in [-0.2, -0.15) is 0 Å². The quantitative estimate of drug-likeness (QED) is 0.276. The molecular formula is C28H23Cl2N3O5.